The van der Waals surface area contributed by atoms with Gasteiger partial charge >= 0.3 is 23.9 Å². The monoisotopic (exact) mass is 376 g/mol. The molecule has 1 saturated heterocycles. The summed E-state index contributed by atoms with van der Waals surface area (Å²) in [5.74, 6) is -5.03. The molecule has 0 aromatic heterocycles. The van der Waals surface area contributed by atoms with E-state index >= 15 is 0 Å². The first-order valence-electron chi connectivity index (χ1n) is 5.68. The molecule has 0 aromatic rings. The zero-order valence-electron chi connectivity index (χ0n) is 11.0. The molecular weight excluding hydrogens is 366 g/mol. The van der Waals surface area contributed by atoms with Crippen molar-refractivity contribution in [2.45, 2.75) is 24.1 Å². The van der Waals surface area contributed by atoms with Gasteiger partial charge in [0.05, 0.1) is 13.2 Å². The van der Waals surface area contributed by atoms with E-state index in [0.29, 0.717) is 0 Å². The number of alkyl halides is 6. The van der Waals surface area contributed by atoms with Crippen molar-refractivity contribution in [2.24, 2.45) is 0 Å². The Hall–Kier alpha value is -1.12. The van der Waals surface area contributed by atoms with Crippen LogP contribution >= 0.6 is 0 Å². The second-order valence-electron chi connectivity index (χ2n) is 4.49. The standard InChI is InChI=1S/C9H10F6O7S/c10-8(11,12)7(9(13,14)15,4-23(17,18)19)22-6(16)3-20-1-5-2-21-5/h5H,1-4H2,(H,17,18,19). The van der Waals surface area contributed by atoms with Crippen LogP contribution in [0.5, 0.6) is 0 Å². The van der Waals surface area contributed by atoms with Gasteiger partial charge < -0.3 is 14.2 Å². The van der Waals surface area contributed by atoms with Gasteiger partial charge in [0.25, 0.3) is 10.1 Å². The molecule has 1 N–H and O–H groups in total. The van der Waals surface area contributed by atoms with Crippen molar-refractivity contribution in [2.75, 3.05) is 25.6 Å². The topological polar surface area (TPSA) is 102 Å². The fraction of sp³-hybridized carbons (Fsp3) is 0.889. The Labute approximate surface area is 125 Å². The molecule has 1 rings (SSSR count). The average Bonchev–Trinajstić information content (AvgIpc) is 3.07. The zero-order valence-corrected chi connectivity index (χ0v) is 11.8. The lowest BCUT2D eigenvalue weighted by Gasteiger charge is -2.35. The predicted octanol–water partition coefficient (Wildman–Crippen LogP) is 0.696. The Morgan fingerprint density at radius 3 is 2.00 bits per heavy atom. The maximum atomic E-state index is 12.8. The van der Waals surface area contributed by atoms with Crippen molar-refractivity contribution in [1.82, 2.24) is 0 Å². The number of hydrogen-bond acceptors (Lipinski definition) is 6. The first-order chi connectivity index (χ1) is 10.2. The van der Waals surface area contributed by atoms with Gasteiger partial charge in [-0.3, -0.25) is 4.55 Å². The number of hydrogen-bond donors (Lipinski definition) is 1. The van der Waals surface area contributed by atoms with Crippen LogP contribution in [0.2, 0.25) is 0 Å². The molecule has 0 aromatic carbocycles. The number of epoxide rings is 1. The summed E-state index contributed by atoms with van der Waals surface area (Å²) in [4.78, 5) is 11.2. The van der Waals surface area contributed by atoms with Crippen molar-refractivity contribution in [3.63, 3.8) is 0 Å². The molecular formula is C9H10F6O7S. The van der Waals surface area contributed by atoms with Crippen molar-refractivity contribution in [3.8, 4) is 0 Å². The predicted molar refractivity (Wildman–Crippen MR) is 57.9 cm³/mol. The van der Waals surface area contributed by atoms with Crippen LogP contribution in [0.25, 0.3) is 0 Å². The summed E-state index contributed by atoms with van der Waals surface area (Å²) >= 11 is 0. The van der Waals surface area contributed by atoms with Crippen molar-refractivity contribution >= 4 is 16.1 Å². The van der Waals surface area contributed by atoms with Gasteiger partial charge in [-0.2, -0.15) is 34.8 Å². The maximum absolute atomic E-state index is 12.8. The van der Waals surface area contributed by atoms with Gasteiger partial charge in [0.15, 0.2) is 0 Å². The smallest absolute Gasteiger partial charge is 0.436 e. The highest BCUT2D eigenvalue weighted by Gasteiger charge is 2.75. The van der Waals surface area contributed by atoms with Crippen LogP contribution < -0.4 is 0 Å². The van der Waals surface area contributed by atoms with Crippen LogP contribution in [0, 0.1) is 0 Å². The molecule has 7 nitrogen and oxygen atoms in total. The molecule has 136 valence electrons. The molecule has 14 heteroatoms. The van der Waals surface area contributed by atoms with Crippen molar-refractivity contribution in [3.05, 3.63) is 0 Å². The molecule has 0 spiro atoms. The third-order valence-electron chi connectivity index (χ3n) is 2.52. The Bertz CT molecular complexity index is 522. The summed E-state index contributed by atoms with van der Waals surface area (Å²) < 4.78 is 119. The Morgan fingerprint density at radius 1 is 1.17 bits per heavy atom. The van der Waals surface area contributed by atoms with E-state index in [1.807, 2.05) is 0 Å². The number of carbonyl (C=O) groups is 1. The van der Waals surface area contributed by atoms with Gasteiger partial charge in [-0.25, -0.2) is 4.79 Å². The number of ether oxygens (including phenoxy) is 3. The molecule has 1 fully saturated rings. The largest absolute Gasteiger partial charge is 0.438 e. The highest BCUT2D eigenvalue weighted by atomic mass is 32.2. The van der Waals surface area contributed by atoms with Crippen molar-refractivity contribution in [1.29, 1.82) is 0 Å². The molecule has 1 aliphatic rings. The van der Waals surface area contributed by atoms with Crippen LogP contribution in [-0.4, -0.2) is 68.6 Å². The molecule has 1 unspecified atom stereocenters. The average molecular weight is 376 g/mol. The summed E-state index contributed by atoms with van der Waals surface area (Å²) in [5.41, 5.74) is -5.41. The van der Waals surface area contributed by atoms with Gasteiger partial charge in [0, 0.05) is 0 Å². The van der Waals surface area contributed by atoms with E-state index in [1.54, 1.807) is 0 Å². The molecule has 0 aliphatic carbocycles. The van der Waals surface area contributed by atoms with E-state index in [-0.39, 0.29) is 13.2 Å². The van der Waals surface area contributed by atoms with Gasteiger partial charge in [-0.1, -0.05) is 0 Å². The maximum Gasteiger partial charge on any atom is 0.438 e. The van der Waals surface area contributed by atoms with E-state index in [9.17, 15) is 39.6 Å². The van der Waals surface area contributed by atoms with Crippen LogP contribution in [-0.2, 0) is 29.1 Å². The minimum atomic E-state index is -6.35. The molecule has 23 heavy (non-hydrogen) atoms. The van der Waals surface area contributed by atoms with E-state index in [1.165, 1.54) is 0 Å². The zero-order chi connectivity index (χ0) is 18.1. The SMILES string of the molecule is O=C(COCC1CO1)OC(CS(=O)(=O)O)(C(F)(F)F)C(F)(F)F. The second kappa shape index (κ2) is 6.41. The fourth-order valence-corrected chi connectivity index (χ4v) is 2.29. The third-order valence-corrected chi connectivity index (χ3v) is 3.29. The summed E-state index contributed by atoms with van der Waals surface area (Å²) in [7, 11) is -5.80. The quantitative estimate of drug-likeness (QED) is 0.302. The van der Waals surface area contributed by atoms with Gasteiger partial charge in [-0.15, -0.1) is 0 Å². The lowest BCUT2D eigenvalue weighted by atomic mass is 10.1. The highest BCUT2D eigenvalue weighted by molar-refractivity contribution is 7.85. The molecule has 1 heterocycles. The molecule has 0 radical (unpaired) electrons. The summed E-state index contributed by atoms with van der Waals surface area (Å²) in [6, 6.07) is 0. The molecule has 0 saturated carbocycles. The minimum absolute atomic E-state index is 0.257. The van der Waals surface area contributed by atoms with E-state index in [0.717, 1.165) is 0 Å². The summed E-state index contributed by atoms with van der Waals surface area (Å²) in [6.45, 7) is -1.30. The van der Waals surface area contributed by atoms with Gasteiger partial charge in [0.2, 0.25) is 0 Å². The first-order valence-corrected chi connectivity index (χ1v) is 7.29. The molecule has 0 bridgehead atoms. The Balaban J connectivity index is 2.98. The molecule has 0 amide bonds. The normalized spacial score (nSPS) is 19.5. The molecule has 1 atom stereocenters. The summed E-state index contributed by atoms with van der Waals surface area (Å²) in [6.07, 6.45) is -13.1. The van der Waals surface area contributed by atoms with Crippen LogP contribution in [0.15, 0.2) is 0 Å². The Kier molecular flexibility index (Phi) is 5.55. The van der Waals surface area contributed by atoms with Gasteiger partial charge in [0.1, 0.15) is 18.5 Å². The van der Waals surface area contributed by atoms with E-state index in [4.69, 9.17) is 4.55 Å². The Morgan fingerprint density at radius 2 is 1.65 bits per heavy atom. The summed E-state index contributed by atoms with van der Waals surface area (Å²) in [5, 5.41) is 0. The van der Waals surface area contributed by atoms with Gasteiger partial charge in [-0.05, 0) is 0 Å². The molecule has 1 aliphatic heterocycles. The van der Waals surface area contributed by atoms with Crippen LogP contribution in [0.4, 0.5) is 26.3 Å². The lowest BCUT2D eigenvalue weighted by molar-refractivity contribution is -0.361. The third kappa shape index (κ3) is 5.47. The van der Waals surface area contributed by atoms with Crippen molar-refractivity contribution < 1.29 is 58.3 Å². The minimum Gasteiger partial charge on any atom is -0.436 e. The number of halogens is 6. The first kappa shape index (κ1) is 19.9. The number of carbonyl (C=O) groups excluding carboxylic acids is 1. The lowest BCUT2D eigenvalue weighted by Crippen LogP contribution is -2.63. The van der Waals surface area contributed by atoms with E-state index < -0.39 is 52.5 Å². The number of esters is 1. The van der Waals surface area contributed by atoms with Crippen LogP contribution in [0.3, 0.4) is 0 Å². The highest BCUT2D eigenvalue weighted by Crippen LogP contribution is 2.46. The van der Waals surface area contributed by atoms with E-state index in [2.05, 4.69) is 14.2 Å². The second-order valence-corrected chi connectivity index (χ2v) is 5.95. The van der Waals surface area contributed by atoms with Crippen LogP contribution in [0.1, 0.15) is 0 Å². The fourth-order valence-electron chi connectivity index (χ4n) is 1.39. The number of rotatable bonds is 7.